The van der Waals surface area contributed by atoms with Crippen molar-refractivity contribution in [1.82, 2.24) is 5.32 Å². The van der Waals surface area contributed by atoms with Crippen molar-refractivity contribution in [1.29, 1.82) is 0 Å². The average Bonchev–Trinajstić information content (AvgIpc) is 2.58. The number of nitrogens with two attached hydrogens (primary N) is 1. The molecule has 1 aliphatic rings. The molecule has 1 amide bonds. The van der Waals surface area contributed by atoms with Crippen molar-refractivity contribution in [3.8, 4) is 17.2 Å². The largest absolute Gasteiger partial charge is 0.493 e. The number of nitrogens with one attached hydrogen (secondary N) is 1. The van der Waals surface area contributed by atoms with E-state index in [0.717, 1.165) is 18.0 Å². The first-order valence-corrected chi connectivity index (χ1v) is 8.42. The highest BCUT2D eigenvalue weighted by Crippen LogP contribution is 2.38. The minimum absolute atomic E-state index is 0. The monoisotopic (exact) mass is 372 g/mol. The third-order valence-electron chi connectivity index (χ3n) is 4.49. The first kappa shape index (κ1) is 21.4. The van der Waals surface area contributed by atoms with E-state index in [1.54, 1.807) is 14.2 Å². The van der Waals surface area contributed by atoms with E-state index >= 15 is 0 Å². The molecule has 1 fully saturated rings. The Balaban J connectivity index is 0.00000312. The second-order valence-corrected chi connectivity index (χ2v) is 6.42. The third-order valence-corrected chi connectivity index (χ3v) is 4.49. The first-order valence-electron chi connectivity index (χ1n) is 8.42. The van der Waals surface area contributed by atoms with Gasteiger partial charge in [0.1, 0.15) is 0 Å². The molecule has 1 saturated carbocycles. The first-order chi connectivity index (χ1) is 11.5. The van der Waals surface area contributed by atoms with Crippen molar-refractivity contribution in [2.45, 2.75) is 45.2 Å². The van der Waals surface area contributed by atoms with Gasteiger partial charge in [0.15, 0.2) is 18.1 Å². The normalized spacial score (nSPS) is 19.6. The Morgan fingerprint density at radius 1 is 1.16 bits per heavy atom. The molecule has 0 unspecified atom stereocenters. The minimum Gasteiger partial charge on any atom is -0.493 e. The molecule has 0 bridgehead atoms. The van der Waals surface area contributed by atoms with E-state index in [4.69, 9.17) is 19.9 Å². The van der Waals surface area contributed by atoms with Gasteiger partial charge in [-0.2, -0.15) is 0 Å². The number of halogens is 1. The summed E-state index contributed by atoms with van der Waals surface area (Å²) in [4.78, 5) is 10.9. The molecule has 0 spiro atoms. The van der Waals surface area contributed by atoms with Crippen LogP contribution in [0.25, 0.3) is 0 Å². The highest BCUT2D eigenvalue weighted by molar-refractivity contribution is 5.85. The van der Waals surface area contributed by atoms with Crippen LogP contribution in [-0.2, 0) is 11.3 Å². The number of ether oxygens (including phenoxy) is 3. The second kappa shape index (κ2) is 10.4. The molecule has 1 aromatic rings. The summed E-state index contributed by atoms with van der Waals surface area (Å²) in [5.74, 6) is 1.75. The van der Waals surface area contributed by atoms with Gasteiger partial charge in [-0.1, -0.05) is 6.92 Å². The summed E-state index contributed by atoms with van der Waals surface area (Å²) in [6.07, 6.45) is 5.00. The van der Waals surface area contributed by atoms with Crippen molar-refractivity contribution in [2.75, 3.05) is 20.8 Å². The number of carbonyl (C=O) groups excluding carboxylic acids is 1. The molecular formula is C18H29ClN2O4. The number of primary amides is 1. The summed E-state index contributed by atoms with van der Waals surface area (Å²) in [6, 6.07) is 4.36. The van der Waals surface area contributed by atoms with Crippen LogP contribution >= 0.6 is 12.4 Å². The van der Waals surface area contributed by atoms with E-state index in [1.807, 2.05) is 12.1 Å². The minimum atomic E-state index is -0.545. The summed E-state index contributed by atoms with van der Waals surface area (Å²) >= 11 is 0. The van der Waals surface area contributed by atoms with E-state index in [1.165, 1.54) is 25.7 Å². The van der Waals surface area contributed by atoms with Gasteiger partial charge >= 0.3 is 0 Å². The highest BCUT2D eigenvalue weighted by atomic mass is 35.5. The molecule has 25 heavy (non-hydrogen) atoms. The van der Waals surface area contributed by atoms with Crippen molar-refractivity contribution in [2.24, 2.45) is 11.7 Å². The molecule has 3 N–H and O–H groups in total. The van der Waals surface area contributed by atoms with E-state index in [-0.39, 0.29) is 19.0 Å². The van der Waals surface area contributed by atoms with Gasteiger partial charge in [0.05, 0.1) is 14.2 Å². The molecule has 0 aliphatic heterocycles. The Bertz CT molecular complexity index is 535. The second-order valence-electron chi connectivity index (χ2n) is 6.42. The number of methoxy groups -OCH3 is 2. The topological polar surface area (TPSA) is 82.8 Å². The fraction of sp³-hybridized carbons (Fsp3) is 0.611. The van der Waals surface area contributed by atoms with Gasteiger partial charge in [-0.25, -0.2) is 0 Å². The molecule has 0 radical (unpaired) electrons. The van der Waals surface area contributed by atoms with Crippen LogP contribution in [0, 0.1) is 5.92 Å². The van der Waals surface area contributed by atoms with E-state index in [0.29, 0.717) is 23.3 Å². The molecule has 0 atom stereocenters. The van der Waals surface area contributed by atoms with Gasteiger partial charge in [-0.3, -0.25) is 4.79 Å². The van der Waals surface area contributed by atoms with Gasteiger partial charge in [-0.05, 0) is 49.3 Å². The summed E-state index contributed by atoms with van der Waals surface area (Å²) in [7, 11) is 3.12. The van der Waals surface area contributed by atoms with Crippen LogP contribution in [0.2, 0.25) is 0 Å². The molecule has 7 heteroatoms. The number of carbonyl (C=O) groups is 1. The molecule has 142 valence electrons. The number of rotatable bonds is 8. The van der Waals surface area contributed by atoms with Crippen LogP contribution in [0.1, 0.15) is 38.2 Å². The van der Waals surface area contributed by atoms with Gasteiger partial charge in [-0.15, -0.1) is 12.4 Å². The highest BCUT2D eigenvalue weighted by Gasteiger charge is 2.19. The lowest BCUT2D eigenvalue weighted by molar-refractivity contribution is -0.119. The molecule has 0 heterocycles. The summed E-state index contributed by atoms with van der Waals surface area (Å²) in [5.41, 5.74) is 6.19. The summed E-state index contributed by atoms with van der Waals surface area (Å²) in [5, 5.41) is 3.60. The number of hydrogen-bond donors (Lipinski definition) is 2. The zero-order valence-electron chi connectivity index (χ0n) is 15.2. The Labute approximate surface area is 155 Å². The standard InChI is InChI=1S/C18H28N2O4.ClH/c1-12-4-6-14(7-5-12)20-10-13-8-15(22-2)18(16(9-13)23-3)24-11-17(19)21;/h8-9,12,14,20H,4-7,10-11H2,1-3H3,(H2,19,21);1H. The number of benzene rings is 1. The van der Waals surface area contributed by atoms with Gasteiger partial charge in [0.2, 0.25) is 5.75 Å². The predicted molar refractivity (Wildman–Crippen MR) is 99.7 cm³/mol. The number of hydrogen-bond acceptors (Lipinski definition) is 5. The average molecular weight is 373 g/mol. The van der Waals surface area contributed by atoms with Gasteiger partial charge < -0.3 is 25.3 Å². The molecule has 2 rings (SSSR count). The Hall–Kier alpha value is -1.66. The molecule has 0 aromatic heterocycles. The van der Waals surface area contributed by atoms with Crippen LogP contribution in [0.3, 0.4) is 0 Å². The lowest BCUT2D eigenvalue weighted by Gasteiger charge is -2.27. The smallest absolute Gasteiger partial charge is 0.255 e. The van der Waals surface area contributed by atoms with Crippen molar-refractivity contribution >= 4 is 18.3 Å². The zero-order chi connectivity index (χ0) is 17.5. The van der Waals surface area contributed by atoms with E-state index in [9.17, 15) is 4.79 Å². The van der Waals surface area contributed by atoms with Crippen LogP contribution in [-0.4, -0.2) is 32.8 Å². The molecule has 0 saturated heterocycles. The van der Waals surface area contributed by atoms with Crippen LogP contribution < -0.4 is 25.3 Å². The van der Waals surface area contributed by atoms with Crippen molar-refractivity contribution in [3.05, 3.63) is 17.7 Å². The summed E-state index contributed by atoms with van der Waals surface area (Å²) in [6.45, 7) is 2.84. The van der Waals surface area contributed by atoms with E-state index in [2.05, 4.69) is 12.2 Å². The molecule has 1 aliphatic carbocycles. The van der Waals surface area contributed by atoms with Crippen molar-refractivity contribution < 1.29 is 19.0 Å². The van der Waals surface area contributed by atoms with Gasteiger partial charge in [0, 0.05) is 12.6 Å². The number of amides is 1. The quantitative estimate of drug-likeness (QED) is 0.733. The Kier molecular flexibility index (Phi) is 8.86. The van der Waals surface area contributed by atoms with Crippen molar-refractivity contribution in [3.63, 3.8) is 0 Å². The lowest BCUT2D eigenvalue weighted by Crippen LogP contribution is -2.32. The fourth-order valence-electron chi connectivity index (χ4n) is 3.05. The maximum Gasteiger partial charge on any atom is 0.255 e. The maximum absolute atomic E-state index is 10.9. The zero-order valence-corrected chi connectivity index (χ0v) is 16.0. The lowest BCUT2D eigenvalue weighted by atomic mass is 9.87. The Morgan fingerprint density at radius 3 is 2.20 bits per heavy atom. The van der Waals surface area contributed by atoms with Crippen LogP contribution in [0.15, 0.2) is 12.1 Å². The van der Waals surface area contributed by atoms with Crippen LogP contribution in [0.5, 0.6) is 17.2 Å². The maximum atomic E-state index is 10.9. The van der Waals surface area contributed by atoms with Crippen LogP contribution in [0.4, 0.5) is 0 Å². The fourth-order valence-corrected chi connectivity index (χ4v) is 3.05. The molecule has 1 aromatic carbocycles. The summed E-state index contributed by atoms with van der Waals surface area (Å²) < 4.78 is 16.2. The Morgan fingerprint density at radius 2 is 1.72 bits per heavy atom. The van der Waals surface area contributed by atoms with Gasteiger partial charge in [0.25, 0.3) is 5.91 Å². The molecule has 6 nitrogen and oxygen atoms in total. The van der Waals surface area contributed by atoms with E-state index < -0.39 is 5.91 Å². The molecular weight excluding hydrogens is 344 g/mol. The third kappa shape index (κ3) is 6.29. The predicted octanol–water partition coefficient (Wildman–Crippen LogP) is 2.66. The SMILES string of the molecule is COc1cc(CNC2CCC(C)CC2)cc(OC)c1OCC(N)=O.Cl.